The summed E-state index contributed by atoms with van der Waals surface area (Å²) in [6.07, 6.45) is 0.760. The Labute approximate surface area is 57.7 Å². The van der Waals surface area contributed by atoms with Crippen molar-refractivity contribution in [1.82, 2.24) is 0 Å². The van der Waals surface area contributed by atoms with Gasteiger partial charge in [0, 0.05) is 6.08 Å². The molecule has 10 heavy (non-hydrogen) atoms. The lowest BCUT2D eigenvalue weighted by Crippen LogP contribution is -2.25. The molecule has 2 atom stereocenters. The van der Waals surface area contributed by atoms with Gasteiger partial charge in [0.25, 0.3) is 0 Å². The van der Waals surface area contributed by atoms with Crippen molar-refractivity contribution in [1.29, 1.82) is 0 Å². The van der Waals surface area contributed by atoms with E-state index in [0.717, 1.165) is 0 Å². The molecule has 1 heterocycles. The molecule has 4 nitrogen and oxygen atoms in total. The number of aldehydes is 1. The van der Waals surface area contributed by atoms with Crippen molar-refractivity contribution < 1.29 is 19.7 Å². The molecule has 0 spiro atoms. The summed E-state index contributed by atoms with van der Waals surface area (Å²) in [6.45, 7) is -0.220. The summed E-state index contributed by atoms with van der Waals surface area (Å²) in [4.78, 5) is 10.1. The fraction of sp³-hybridized carbons (Fsp3) is 0.500. The SMILES string of the molecule is O=CC1=CC([OH2+])C(CO)O1. The lowest BCUT2D eigenvalue weighted by Gasteiger charge is -2.07. The van der Waals surface area contributed by atoms with Crippen molar-refractivity contribution >= 4 is 6.29 Å². The molecule has 3 N–H and O–H groups in total. The Kier molecular flexibility index (Phi) is 2.03. The number of carbonyl (C=O) groups excluding carboxylic acids is 1. The van der Waals surface area contributed by atoms with Crippen LogP contribution in [0.5, 0.6) is 0 Å². The van der Waals surface area contributed by atoms with Crippen LogP contribution in [-0.4, -0.2) is 35.3 Å². The van der Waals surface area contributed by atoms with Gasteiger partial charge in [-0.15, -0.1) is 0 Å². The van der Waals surface area contributed by atoms with Gasteiger partial charge in [-0.25, -0.2) is 0 Å². The molecule has 0 aromatic rings. The summed E-state index contributed by atoms with van der Waals surface area (Å²) in [6, 6.07) is 0. The Morgan fingerprint density at radius 3 is 2.90 bits per heavy atom. The van der Waals surface area contributed by atoms with Gasteiger partial charge in [-0.2, -0.15) is 0 Å². The third-order valence-corrected chi connectivity index (χ3v) is 1.33. The van der Waals surface area contributed by atoms with Crippen LogP contribution in [0.2, 0.25) is 0 Å². The molecule has 0 aromatic heterocycles. The van der Waals surface area contributed by atoms with Gasteiger partial charge in [-0.1, -0.05) is 0 Å². The number of hydrogen-bond donors (Lipinski definition) is 1. The number of rotatable bonds is 2. The molecular weight excluding hydrogens is 136 g/mol. The van der Waals surface area contributed by atoms with Gasteiger partial charge in [-0.3, -0.25) is 4.79 Å². The molecule has 0 aromatic carbocycles. The third kappa shape index (κ3) is 1.17. The molecule has 0 aliphatic carbocycles. The molecule has 1 aliphatic rings. The molecule has 1 aliphatic heterocycles. The summed E-state index contributed by atoms with van der Waals surface area (Å²) in [5.74, 6) is 0.152. The lowest BCUT2D eigenvalue weighted by molar-refractivity contribution is -0.108. The van der Waals surface area contributed by atoms with E-state index in [1.807, 2.05) is 0 Å². The van der Waals surface area contributed by atoms with Crippen LogP contribution in [0.15, 0.2) is 11.8 Å². The molecule has 0 bridgehead atoms. The van der Waals surface area contributed by atoms with Gasteiger partial charge in [0.1, 0.15) is 0 Å². The third-order valence-electron chi connectivity index (χ3n) is 1.33. The molecular formula is C6H9O4+. The maximum atomic E-state index is 10.1. The van der Waals surface area contributed by atoms with Crippen LogP contribution in [0.25, 0.3) is 0 Å². The molecule has 56 valence electrons. The summed E-state index contributed by atoms with van der Waals surface area (Å²) in [5.41, 5.74) is 0. The van der Waals surface area contributed by atoms with Crippen molar-refractivity contribution in [2.45, 2.75) is 12.2 Å². The highest BCUT2D eigenvalue weighted by atomic mass is 16.5. The molecule has 0 saturated heterocycles. The maximum absolute atomic E-state index is 10.1. The van der Waals surface area contributed by atoms with E-state index in [0.29, 0.717) is 6.29 Å². The van der Waals surface area contributed by atoms with Gasteiger partial charge in [0.2, 0.25) is 6.10 Å². The van der Waals surface area contributed by atoms with E-state index in [9.17, 15) is 4.79 Å². The first kappa shape index (κ1) is 7.24. The van der Waals surface area contributed by atoms with E-state index in [1.165, 1.54) is 6.08 Å². The van der Waals surface area contributed by atoms with Crippen LogP contribution in [0.3, 0.4) is 0 Å². The van der Waals surface area contributed by atoms with E-state index < -0.39 is 12.2 Å². The molecule has 2 unspecified atom stereocenters. The zero-order valence-corrected chi connectivity index (χ0v) is 5.28. The van der Waals surface area contributed by atoms with Crippen molar-refractivity contribution in [3.05, 3.63) is 11.8 Å². The highest BCUT2D eigenvalue weighted by molar-refractivity contribution is 5.71. The van der Waals surface area contributed by atoms with Gasteiger partial charge in [-0.05, 0) is 0 Å². The number of allylic oxidation sites excluding steroid dienone is 1. The first-order chi connectivity index (χ1) is 4.77. The number of ether oxygens (including phenoxy) is 1. The van der Waals surface area contributed by atoms with Gasteiger partial charge >= 0.3 is 0 Å². The second kappa shape index (κ2) is 2.81. The zero-order chi connectivity index (χ0) is 7.56. The quantitative estimate of drug-likeness (QED) is 0.382. The molecule has 4 heteroatoms. The second-order valence-electron chi connectivity index (χ2n) is 2.05. The van der Waals surface area contributed by atoms with Crippen LogP contribution < -0.4 is 0 Å². The maximum Gasteiger partial charge on any atom is 0.216 e. The Morgan fingerprint density at radius 1 is 1.90 bits per heavy atom. The monoisotopic (exact) mass is 145 g/mol. The molecule has 0 amide bonds. The Balaban J connectivity index is 2.56. The predicted molar refractivity (Wildman–Crippen MR) is 33.5 cm³/mol. The van der Waals surface area contributed by atoms with E-state index >= 15 is 0 Å². The minimum absolute atomic E-state index is 0.152. The van der Waals surface area contributed by atoms with Crippen LogP contribution in [-0.2, 0) is 9.53 Å². The van der Waals surface area contributed by atoms with Crippen LogP contribution >= 0.6 is 0 Å². The number of hydrogen-bond acceptors (Lipinski definition) is 3. The summed E-state index contributed by atoms with van der Waals surface area (Å²) in [5, 5.41) is 15.8. The average molecular weight is 145 g/mol. The van der Waals surface area contributed by atoms with Crippen molar-refractivity contribution in [3.8, 4) is 0 Å². The highest BCUT2D eigenvalue weighted by Gasteiger charge is 2.30. The first-order valence-corrected chi connectivity index (χ1v) is 2.93. The fourth-order valence-electron chi connectivity index (χ4n) is 0.790. The summed E-state index contributed by atoms with van der Waals surface area (Å²) < 4.78 is 4.83. The molecule has 0 saturated carbocycles. The Morgan fingerprint density at radius 2 is 2.60 bits per heavy atom. The number of carbonyl (C=O) groups is 1. The topological polar surface area (TPSA) is 69.4 Å². The van der Waals surface area contributed by atoms with Gasteiger partial charge in [0.05, 0.1) is 6.61 Å². The van der Waals surface area contributed by atoms with Gasteiger partial charge in [0.15, 0.2) is 18.1 Å². The van der Waals surface area contributed by atoms with Crippen molar-refractivity contribution in [2.75, 3.05) is 6.61 Å². The van der Waals surface area contributed by atoms with Crippen molar-refractivity contribution in [3.63, 3.8) is 0 Å². The Hall–Kier alpha value is -0.870. The Bertz CT molecular complexity index is 163. The number of aliphatic hydroxyl groups excluding tert-OH is 1. The fourth-order valence-corrected chi connectivity index (χ4v) is 0.790. The minimum atomic E-state index is -0.606. The average Bonchev–Trinajstić information content (AvgIpc) is 2.30. The highest BCUT2D eigenvalue weighted by Crippen LogP contribution is 2.14. The molecule has 0 radical (unpaired) electrons. The predicted octanol–water partition coefficient (Wildman–Crippen LogP) is -1.45. The van der Waals surface area contributed by atoms with E-state index in [-0.39, 0.29) is 12.4 Å². The lowest BCUT2D eigenvalue weighted by atomic mass is 10.2. The second-order valence-corrected chi connectivity index (χ2v) is 2.05. The van der Waals surface area contributed by atoms with E-state index in [4.69, 9.17) is 14.9 Å². The zero-order valence-electron chi connectivity index (χ0n) is 5.28. The van der Waals surface area contributed by atoms with E-state index in [2.05, 4.69) is 0 Å². The first-order valence-electron chi connectivity index (χ1n) is 2.93. The van der Waals surface area contributed by atoms with E-state index in [1.54, 1.807) is 0 Å². The smallest absolute Gasteiger partial charge is 0.216 e. The van der Waals surface area contributed by atoms with Crippen LogP contribution in [0, 0.1) is 0 Å². The van der Waals surface area contributed by atoms with Crippen LogP contribution in [0.1, 0.15) is 0 Å². The normalized spacial score (nSPS) is 31.2. The number of aliphatic hydroxyl groups is 1. The largest absolute Gasteiger partial charge is 0.476 e. The molecule has 0 fully saturated rings. The summed E-state index contributed by atoms with van der Waals surface area (Å²) in [7, 11) is 0. The van der Waals surface area contributed by atoms with Crippen LogP contribution in [0.4, 0.5) is 0 Å². The summed E-state index contributed by atoms with van der Waals surface area (Å²) >= 11 is 0. The van der Waals surface area contributed by atoms with Crippen molar-refractivity contribution in [2.24, 2.45) is 0 Å². The minimum Gasteiger partial charge on any atom is -0.476 e. The molecule has 1 rings (SSSR count). The van der Waals surface area contributed by atoms with Gasteiger partial charge < -0.3 is 14.9 Å². The standard InChI is InChI=1S/C6H8O4/c7-2-4-1-5(9)6(3-8)10-4/h1-2,5-6,8-9H,3H2/p+1.